The fraction of sp³-hybridized carbons (Fsp3) is 0.462. The molecule has 1 N–H and O–H groups in total. The summed E-state index contributed by atoms with van der Waals surface area (Å²) in [6.07, 6.45) is 4.84. The molecule has 18 heavy (non-hydrogen) atoms. The molecule has 3 nitrogen and oxygen atoms in total. The highest BCUT2D eigenvalue weighted by molar-refractivity contribution is 9.11. The van der Waals surface area contributed by atoms with Gasteiger partial charge in [-0.05, 0) is 48.5 Å². The van der Waals surface area contributed by atoms with Gasteiger partial charge in [-0.25, -0.2) is 4.98 Å². The van der Waals surface area contributed by atoms with Crippen LogP contribution in [0.2, 0.25) is 0 Å². The number of imidazole rings is 1. The average molecular weight is 328 g/mol. The maximum absolute atomic E-state index is 4.45. The first-order valence-electron chi connectivity index (χ1n) is 6.08. The normalized spacial score (nSPS) is 12.9. The minimum atomic E-state index is 0.327. The molecule has 0 aliphatic heterocycles. The van der Waals surface area contributed by atoms with Crippen LogP contribution in [0.25, 0.3) is 0 Å². The fourth-order valence-electron chi connectivity index (χ4n) is 2.00. The van der Waals surface area contributed by atoms with Gasteiger partial charge >= 0.3 is 0 Å². The first-order valence-corrected chi connectivity index (χ1v) is 7.69. The second kappa shape index (κ2) is 5.99. The maximum atomic E-state index is 4.45. The largest absolute Gasteiger partial charge is 0.335 e. The standard InChI is InChI=1S/C13H18BrN3S/c1-4-17-6-5-16-12(17)8-10(15-3)11-7-9(2)13(14)18-11/h5-7,10,15H,4,8H2,1-3H3. The number of thiophene rings is 1. The van der Waals surface area contributed by atoms with E-state index in [0.717, 1.165) is 18.8 Å². The van der Waals surface area contributed by atoms with Crippen molar-refractivity contribution < 1.29 is 0 Å². The number of aromatic nitrogens is 2. The maximum Gasteiger partial charge on any atom is 0.110 e. The van der Waals surface area contributed by atoms with Crippen LogP contribution in [0.3, 0.4) is 0 Å². The van der Waals surface area contributed by atoms with Crippen LogP contribution in [0.15, 0.2) is 22.2 Å². The molecule has 2 rings (SSSR count). The highest BCUT2D eigenvalue weighted by atomic mass is 79.9. The molecule has 2 aromatic heterocycles. The van der Waals surface area contributed by atoms with E-state index in [1.807, 2.05) is 19.4 Å². The molecule has 0 spiro atoms. The second-order valence-corrected chi connectivity index (χ2v) is 6.68. The summed E-state index contributed by atoms with van der Waals surface area (Å²) in [4.78, 5) is 5.80. The first-order chi connectivity index (χ1) is 8.65. The zero-order valence-electron chi connectivity index (χ0n) is 10.9. The van der Waals surface area contributed by atoms with Crippen molar-refractivity contribution in [3.63, 3.8) is 0 Å². The molecule has 0 aromatic carbocycles. The van der Waals surface area contributed by atoms with E-state index >= 15 is 0 Å². The molecule has 0 amide bonds. The molecular formula is C13H18BrN3S. The van der Waals surface area contributed by atoms with Crippen molar-refractivity contribution in [1.82, 2.24) is 14.9 Å². The van der Waals surface area contributed by atoms with Gasteiger partial charge in [0.2, 0.25) is 0 Å². The molecule has 0 bridgehead atoms. The van der Waals surface area contributed by atoms with Gasteiger partial charge in [0.25, 0.3) is 0 Å². The Labute approximate surface area is 120 Å². The Morgan fingerprint density at radius 2 is 2.33 bits per heavy atom. The van der Waals surface area contributed by atoms with Gasteiger partial charge in [0, 0.05) is 36.3 Å². The van der Waals surface area contributed by atoms with Crippen LogP contribution in [-0.4, -0.2) is 16.6 Å². The van der Waals surface area contributed by atoms with E-state index in [1.54, 1.807) is 11.3 Å². The summed E-state index contributed by atoms with van der Waals surface area (Å²) in [5, 5.41) is 3.38. The van der Waals surface area contributed by atoms with E-state index in [2.05, 4.69) is 50.7 Å². The highest BCUT2D eigenvalue weighted by Crippen LogP contribution is 2.32. The summed E-state index contributed by atoms with van der Waals surface area (Å²) < 4.78 is 3.41. The third kappa shape index (κ3) is 2.84. The molecular weight excluding hydrogens is 310 g/mol. The predicted molar refractivity (Wildman–Crippen MR) is 80.2 cm³/mol. The van der Waals surface area contributed by atoms with E-state index in [9.17, 15) is 0 Å². The van der Waals surface area contributed by atoms with Crippen LogP contribution in [0, 0.1) is 6.92 Å². The van der Waals surface area contributed by atoms with Gasteiger partial charge in [0.15, 0.2) is 0 Å². The van der Waals surface area contributed by atoms with E-state index in [1.165, 1.54) is 14.2 Å². The minimum absolute atomic E-state index is 0.327. The summed E-state index contributed by atoms with van der Waals surface area (Å²) >= 11 is 5.39. The molecule has 2 aromatic rings. The topological polar surface area (TPSA) is 29.9 Å². The number of nitrogens with zero attached hydrogens (tertiary/aromatic N) is 2. The van der Waals surface area contributed by atoms with Crippen molar-refractivity contribution in [1.29, 1.82) is 0 Å². The van der Waals surface area contributed by atoms with Gasteiger partial charge < -0.3 is 9.88 Å². The molecule has 5 heteroatoms. The van der Waals surface area contributed by atoms with Crippen LogP contribution in [0.4, 0.5) is 0 Å². The number of likely N-dealkylation sites (N-methyl/N-ethyl adjacent to an activating group) is 1. The quantitative estimate of drug-likeness (QED) is 0.910. The molecule has 0 fully saturated rings. The smallest absolute Gasteiger partial charge is 0.110 e. The molecule has 1 atom stereocenters. The third-order valence-corrected chi connectivity index (χ3v) is 5.35. The predicted octanol–water partition coefficient (Wildman–Crippen LogP) is 3.54. The lowest BCUT2D eigenvalue weighted by Crippen LogP contribution is -2.19. The summed E-state index contributed by atoms with van der Waals surface area (Å²) in [6.45, 7) is 5.24. The second-order valence-electron chi connectivity index (χ2n) is 4.28. The Morgan fingerprint density at radius 3 is 2.89 bits per heavy atom. The van der Waals surface area contributed by atoms with Crippen LogP contribution in [-0.2, 0) is 13.0 Å². The first kappa shape index (κ1) is 13.8. The lowest BCUT2D eigenvalue weighted by Gasteiger charge is -2.14. The third-order valence-electron chi connectivity index (χ3n) is 3.10. The number of nitrogens with one attached hydrogen (secondary N) is 1. The number of hydrogen-bond donors (Lipinski definition) is 1. The Bertz CT molecular complexity index is 499. The molecule has 2 heterocycles. The Hall–Kier alpha value is -0.650. The van der Waals surface area contributed by atoms with Crippen molar-refractivity contribution >= 4 is 27.3 Å². The highest BCUT2D eigenvalue weighted by Gasteiger charge is 2.16. The van der Waals surface area contributed by atoms with Crippen molar-refractivity contribution in [2.75, 3.05) is 7.05 Å². The summed E-state index contributed by atoms with van der Waals surface area (Å²) in [5.74, 6) is 1.14. The molecule has 0 aliphatic rings. The van der Waals surface area contributed by atoms with Gasteiger partial charge in [0.05, 0.1) is 3.79 Å². The minimum Gasteiger partial charge on any atom is -0.335 e. The molecule has 0 saturated carbocycles. The zero-order valence-corrected chi connectivity index (χ0v) is 13.3. The number of aryl methyl sites for hydroxylation is 2. The Balaban J connectivity index is 2.19. The lowest BCUT2D eigenvalue weighted by atomic mass is 10.1. The number of rotatable bonds is 5. The molecule has 98 valence electrons. The van der Waals surface area contributed by atoms with E-state index in [-0.39, 0.29) is 0 Å². The average Bonchev–Trinajstić information content (AvgIpc) is 2.93. The van der Waals surface area contributed by atoms with Crippen LogP contribution in [0.1, 0.15) is 29.2 Å². The van der Waals surface area contributed by atoms with E-state index in [0.29, 0.717) is 6.04 Å². The van der Waals surface area contributed by atoms with Crippen LogP contribution in [0.5, 0.6) is 0 Å². The lowest BCUT2D eigenvalue weighted by molar-refractivity contribution is 0.560. The van der Waals surface area contributed by atoms with Crippen LogP contribution >= 0.6 is 27.3 Å². The fourth-order valence-corrected chi connectivity index (χ4v) is 3.68. The molecule has 1 unspecified atom stereocenters. The van der Waals surface area contributed by atoms with E-state index in [4.69, 9.17) is 0 Å². The number of halogens is 1. The SMILES string of the molecule is CCn1ccnc1CC(NC)c1cc(C)c(Br)s1. The van der Waals surface area contributed by atoms with Crippen molar-refractivity contribution in [2.45, 2.75) is 32.9 Å². The monoisotopic (exact) mass is 327 g/mol. The van der Waals surface area contributed by atoms with Gasteiger partial charge in [-0.2, -0.15) is 0 Å². The van der Waals surface area contributed by atoms with Gasteiger partial charge in [-0.3, -0.25) is 0 Å². The molecule has 0 saturated heterocycles. The Morgan fingerprint density at radius 1 is 1.56 bits per heavy atom. The summed E-state index contributed by atoms with van der Waals surface area (Å²) in [5.41, 5.74) is 1.30. The van der Waals surface area contributed by atoms with Crippen molar-refractivity contribution in [2.24, 2.45) is 0 Å². The Kier molecular flexibility index (Phi) is 4.59. The molecule has 0 aliphatic carbocycles. The zero-order chi connectivity index (χ0) is 13.1. The van der Waals surface area contributed by atoms with Crippen molar-refractivity contribution in [3.05, 3.63) is 38.5 Å². The summed E-state index contributed by atoms with van der Waals surface area (Å²) in [7, 11) is 2.01. The summed E-state index contributed by atoms with van der Waals surface area (Å²) in [6, 6.07) is 2.57. The van der Waals surface area contributed by atoms with Gasteiger partial charge in [-0.1, -0.05) is 0 Å². The molecule has 0 radical (unpaired) electrons. The van der Waals surface area contributed by atoms with Gasteiger partial charge in [0.1, 0.15) is 5.82 Å². The van der Waals surface area contributed by atoms with E-state index < -0.39 is 0 Å². The number of hydrogen-bond acceptors (Lipinski definition) is 3. The van der Waals surface area contributed by atoms with Crippen molar-refractivity contribution in [3.8, 4) is 0 Å². The van der Waals surface area contributed by atoms with Gasteiger partial charge in [-0.15, -0.1) is 11.3 Å². The van der Waals surface area contributed by atoms with Crippen LogP contribution < -0.4 is 5.32 Å².